The van der Waals surface area contributed by atoms with E-state index in [1.165, 1.54) is 11.3 Å². The Morgan fingerprint density at radius 2 is 1.95 bits per heavy atom. The number of thiophene rings is 1. The van der Waals surface area contributed by atoms with Crippen molar-refractivity contribution in [2.45, 2.75) is 17.2 Å². The minimum Gasteiger partial charge on any atom is -0.490 e. The molecule has 1 aromatic carbocycles. The lowest BCUT2D eigenvalue weighted by atomic mass is 10.2. The lowest BCUT2D eigenvalue weighted by Gasteiger charge is -2.10. The van der Waals surface area contributed by atoms with Gasteiger partial charge in [-0.1, -0.05) is 12.1 Å². The summed E-state index contributed by atoms with van der Waals surface area (Å²) < 4.78 is 38.1. The van der Waals surface area contributed by atoms with E-state index in [-0.39, 0.29) is 6.54 Å². The largest absolute Gasteiger partial charge is 0.490 e. The summed E-state index contributed by atoms with van der Waals surface area (Å²) in [6.07, 6.45) is 0.842. The van der Waals surface area contributed by atoms with Crippen LogP contribution in [0.15, 0.2) is 39.9 Å². The highest BCUT2D eigenvalue weighted by atomic mass is 32.2. The van der Waals surface area contributed by atoms with Crippen LogP contribution in [0.3, 0.4) is 0 Å². The average molecular weight is 325 g/mol. The van der Waals surface area contributed by atoms with Gasteiger partial charge in [-0.3, -0.25) is 0 Å². The molecule has 7 heteroatoms. The van der Waals surface area contributed by atoms with Crippen molar-refractivity contribution in [2.24, 2.45) is 0 Å². The van der Waals surface area contributed by atoms with Gasteiger partial charge in [0.2, 0.25) is 10.0 Å². The predicted octanol–water partition coefficient (Wildman–Crippen LogP) is 2.39. The topological polar surface area (TPSA) is 64.6 Å². The molecule has 21 heavy (non-hydrogen) atoms. The number of hydrogen-bond acceptors (Lipinski definition) is 5. The molecule has 2 aromatic rings. The van der Waals surface area contributed by atoms with E-state index >= 15 is 0 Å². The van der Waals surface area contributed by atoms with Gasteiger partial charge in [0.25, 0.3) is 0 Å². The third-order valence-electron chi connectivity index (χ3n) is 3.04. The van der Waals surface area contributed by atoms with Crippen molar-refractivity contribution < 1.29 is 17.9 Å². The molecule has 1 aromatic heterocycles. The molecule has 2 heterocycles. The SMILES string of the molecule is O=S(=O)(NCc1ccc2c(c1)OCCCO2)c1cccs1. The molecule has 0 spiro atoms. The smallest absolute Gasteiger partial charge is 0.250 e. The van der Waals surface area contributed by atoms with Crippen molar-refractivity contribution in [3.05, 3.63) is 41.3 Å². The first-order valence-corrected chi connectivity index (χ1v) is 8.93. The molecule has 5 nitrogen and oxygen atoms in total. The summed E-state index contributed by atoms with van der Waals surface area (Å²) in [6.45, 7) is 1.46. The Morgan fingerprint density at radius 3 is 2.71 bits per heavy atom. The molecule has 0 saturated heterocycles. The standard InChI is InChI=1S/C14H15NO4S2/c16-21(17,14-3-1-8-20-14)15-10-11-4-5-12-13(9-11)19-7-2-6-18-12/h1,3-5,8-9,15H,2,6-7,10H2. The summed E-state index contributed by atoms with van der Waals surface area (Å²) in [6, 6.07) is 8.77. The Balaban J connectivity index is 1.73. The maximum Gasteiger partial charge on any atom is 0.250 e. The quantitative estimate of drug-likeness (QED) is 0.937. The molecule has 112 valence electrons. The van der Waals surface area contributed by atoms with Gasteiger partial charge in [0.15, 0.2) is 11.5 Å². The van der Waals surface area contributed by atoms with Crippen LogP contribution in [0.2, 0.25) is 0 Å². The maximum atomic E-state index is 12.1. The first-order chi connectivity index (χ1) is 10.1. The second-order valence-corrected chi connectivity index (χ2v) is 7.53. The van der Waals surface area contributed by atoms with E-state index in [4.69, 9.17) is 9.47 Å². The molecule has 0 amide bonds. The number of fused-ring (bicyclic) bond motifs is 1. The van der Waals surface area contributed by atoms with Gasteiger partial charge < -0.3 is 9.47 Å². The van der Waals surface area contributed by atoms with Crippen LogP contribution in [-0.4, -0.2) is 21.6 Å². The van der Waals surface area contributed by atoms with Crippen molar-refractivity contribution in [3.63, 3.8) is 0 Å². The molecular weight excluding hydrogens is 310 g/mol. The minimum absolute atomic E-state index is 0.219. The second kappa shape index (κ2) is 6.05. The van der Waals surface area contributed by atoms with Crippen LogP contribution < -0.4 is 14.2 Å². The Hall–Kier alpha value is -1.57. The molecular formula is C14H15NO4S2. The van der Waals surface area contributed by atoms with Crippen LogP contribution in [0.4, 0.5) is 0 Å². The van der Waals surface area contributed by atoms with Crippen molar-refractivity contribution in [1.29, 1.82) is 0 Å². The number of rotatable bonds is 4. The van der Waals surface area contributed by atoms with E-state index in [0.29, 0.717) is 28.9 Å². The molecule has 1 aliphatic heterocycles. The molecule has 3 rings (SSSR count). The van der Waals surface area contributed by atoms with Gasteiger partial charge >= 0.3 is 0 Å². The van der Waals surface area contributed by atoms with Crippen LogP contribution >= 0.6 is 11.3 Å². The van der Waals surface area contributed by atoms with Crippen LogP contribution in [0.25, 0.3) is 0 Å². The van der Waals surface area contributed by atoms with E-state index < -0.39 is 10.0 Å². The van der Waals surface area contributed by atoms with Crippen molar-refractivity contribution >= 4 is 21.4 Å². The molecule has 0 radical (unpaired) electrons. The summed E-state index contributed by atoms with van der Waals surface area (Å²) in [4.78, 5) is 0. The number of hydrogen-bond donors (Lipinski definition) is 1. The summed E-state index contributed by atoms with van der Waals surface area (Å²) in [5.74, 6) is 1.37. The first kappa shape index (κ1) is 14.4. The Bertz CT molecular complexity index is 711. The van der Waals surface area contributed by atoms with Crippen molar-refractivity contribution in [1.82, 2.24) is 4.72 Å². The second-order valence-electron chi connectivity index (χ2n) is 4.59. The van der Waals surface area contributed by atoms with Gasteiger partial charge in [0, 0.05) is 13.0 Å². The molecule has 0 fully saturated rings. The van der Waals surface area contributed by atoms with Crippen molar-refractivity contribution in [2.75, 3.05) is 13.2 Å². The van der Waals surface area contributed by atoms with Crippen LogP contribution in [-0.2, 0) is 16.6 Å². The maximum absolute atomic E-state index is 12.1. The number of sulfonamides is 1. The summed E-state index contributed by atoms with van der Waals surface area (Å²) in [5.41, 5.74) is 0.833. The van der Waals surface area contributed by atoms with E-state index in [9.17, 15) is 8.42 Å². The number of ether oxygens (including phenoxy) is 2. The molecule has 0 unspecified atom stereocenters. The first-order valence-electron chi connectivity index (χ1n) is 6.57. The molecule has 0 bridgehead atoms. The highest BCUT2D eigenvalue weighted by molar-refractivity contribution is 7.91. The molecule has 0 atom stereocenters. The van der Waals surface area contributed by atoms with Gasteiger partial charge in [-0.2, -0.15) is 0 Å². The Kier molecular flexibility index (Phi) is 4.14. The van der Waals surface area contributed by atoms with Gasteiger partial charge in [0.05, 0.1) is 13.2 Å². The number of benzene rings is 1. The van der Waals surface area contributed by atoms with E-state index in [0.717, 1.165) is 12.0 Å². The predicted molar refractivity (Wildman–Crippen MR) is 80.4 cm³/mol. The molecule has 1 aliphatic rings. The highest BCUT2D eigenvalue weighted by Gasteiger charge is 2.16. The zero-order chi connectivity index (χ0) is 14.7. The minimum atomic E-state index is -3.45. The molecule has 0 saturated carbocycles. The fraction of sp³-hybridized carbons (Fsp3) is 0.286. The Labute approximate surface area is 127 Å². The fourth-order valence-corrected chi connectivity index (χ4v) is 4.04. The lowest BCUT2D eigenvalue weighted by molar-refractivity contribution is 0.297. The van der Waals surface area contributed by atoms with E-state index in [1.54, 1.807) is 17.5 Å². The lowest BCUT2D eigenvalue weighted by Crippen LogP contribution is -2.22. The van der Waals surface area contributed by atoms with Crippen LogP contribution in [0.5, 0.6) is 11.5 Å². The molecule has 0 aliphatic carbocycles. The molecule has 1 N–H and O–H groups in total. The average Bonchev–Trinajstić information content (AvgIpc) is 2.92. The highest BCUT2D eigenvalue weighted by Crippen LogP contribution is 2.30. The van der Waals surface area contributed by atoms with Gasteiger partial charge in [-0.15, -0.1) is 11.3 Å². The van der Waals surface area contributed by atoms with Gasteiger partial charge in [-0.05, 0) is 29.1 Å². The number of nitrogens with one attached hydrogen (secondary N) is 1. The van der Waals surface area contributed by atoms with E-state index in [2.05, 4.69) is 4.72 Å². The summed E-state index contributed by atoms with van der Waals surface area (Å²) in [7, 11) is -3.45. The zero-order valence-electron chi connectivity index (χ0n) is 11.2. The van der Waals surface area contributed by atoms with Crippen LogP contribution in [0.1, 0.15) is 12.0 Å². The van der Waals surface area contributed by atoms with Gasteiger partial charge in [0.1, 0.15) is 4.21 Å². The van der Waals surface area contributed by atoms with E-state index in [1.807, 2.05) is 18.2 Å². The summed E-state index contributed by atoms with van der Waals surface area (Å²) in [5, 5.41) is 1.74. The third-order valence-corrected chi connectivity index (χ3v) is 5.84. The Morgan fingerprint density at radius 1 is 1.14 bits per heavy atom. The third kappa shape index (κ3) is 3.37. The normalized spacial score (nSPS) is 14.7. The monoisotopic (exact) mass is 325 g/mol. The van der Waals surface area contributed by atoms with Gasteiger partial charge in [-0.25, -0.2) is 13.1 Å². The summed E-state index contributed by atoms with van der Waals surface area (Å²) >= 11 is 1.20. The zero-order valence-corrected chi connectivity index (χ0v) is 12.9. The van der Waals surface area contributed by atoms with Crippen molar-refractivity contribution in [3.8, 4) is 11.5 Å². The van der Waals surface area contributed by atoms with Crippen LogP contribution in [0, 0.1) is 0 Å². The fourth-order valence-electron chi connectivity index (χ4n) is 1.98.